The van der Waals surface area contributed by atoms with Crippen LogP contribution in [-0.4, -0.2) is 21.4 Å². The number of aromatic nitrogens is 3. The molecule has 276 valence electrons. The maximum absolute atomic E-state index is 6.73. The van der Waals surface area contributed by atoms with Gasteiger partial charge in [-0.05, 0) is 51.2 Å². The van der Waals surface area contributed by atoms with E-state index in [0.29, 0.717) is 11.5 Å². The molecule has 0 radical (unpaired) electrons. The summed E-state index contributed by atoms with van der Waals surface area (Å²) in [6, 6.07) is 44.2. The summed E-state index contributed by atoms with van der Waals surface area (Å²) in [6.45, 7) is 15.9. The van der Waals surface area contributed by atoms with Gasteiger partial charge in [-0.3, -0.25) is 4.98 Å². The quantitative estimate of drug-likeness (QED) is 0.100. The summed E-state index contributed by atoms with van der Waals surface area (Å²) in [5.74, 6) is 2.10. The van der Waals surface area contributed by atoms with Crippen LogP contribution in [0.5, 0.6) is 11.5 Å². The molecule has 6 nitrogen and oxygen atoms in total. The van der Waals surface area contributed by atoms with Crippen molar-refractivity contribution < 1.29 is 25.8 Å². The molecular weight excluding hydrogens is 868 g/mol. The van der Waals surface area contributed by atoms with Crippen molar-refractivity contribution in [3.8, 4) is 22.6 Å². The van der Waals surface area contributed by atoms with E-state index < -0.39 is 0 Å². The van der Waals surface area contributed by atoms with Gasteiger partial charge in [0.05, 0.1) is 5.65 Å². The molecule has 3 aromatic heterocycles. The van der Waals surface area contributed by atoms with Crippen LogP contribution in [0.2, 0.25) is 0 Å². The topological polar surface area (TPSA) is 45.9 Å². The van der Waals surface area contributed by atoms with Gasteiger partial charge in [0.25, 0.3) is 0 Å². The molecule has 11 rings (SSSR count). The first-order valence-electron chi connectivity index (χ1n) is 19.2. The molecule has 0 aliphatic carbocycles. The third-order valence-electron chi connectivity index (χ3n) is 13.0. The molecule has 0 saturated heterocycles. The fourth-order valence-corrected chi connectivity index (χ4v) is 9.35. The van der Waals surface area contributed by atoms with Crippen molar-refractivity contribution >= 4 is 62.6 Å². The first-order chi connectivity index (χ1) is 26.4. The Morgan fingerprint density at radius 2 is 1.45 bits per heavy atom. The first kappa shape index (κ1) is 35.1. The molecule has 3 aliphatic heterocycles. The number of para-hydroxylation sites is 2. The molecule has 0 amide bonds. The molecule has 0 fully saturated rings. The van der Waals surface area contributed by atoms with Crippen LogP contribution in [0.1, 0.15) is 65.3 Å². The molecule has 8 aromatic rings. The van der Waals surface area contributed by atoms with Crippen LogP contribution in [-0.2, 0) is 37.3 Å². The summed E-state index contributed by atoms with van der Waals surface area (Å²) in [7, 11) is 0. The number of pyridine rings is 2. The van der Waals surface area contributed by atoms with Crippen molar-refractivity contribution in [1.82, 2.24) is 14.4 Å². The van der Waals surface area contributed by atoms with Crippen LogP contribution in [0.3, 0.4) is 0 Å². The summed E-state index contributed by atoms with van der Waals surface area (Å²) >= 11 is 0. The van der Waals surface area contributed by atoms with Crippen molar-refractivity contribution in [2.24, 2.45) is 0 Å². The van der Waals surface area contributed by atoms with Gasteiger partial charge < -0.3 is 18.8 Å². The zero-order chi connectivity index (χ0) is 37.6. The van der Waals surface area contributed by atoms with Gasteiger partial charge in [0.2, 0.25) is 0 Å². The van der Waals surface area contributed by atoms with Crippen LogP contribution in [0.25, 0.3) is 38.4 Å². The fraction of sp³-hybridized carbons (Fsp3) is 0.208. The Morgan fingerprint density at radius 3 is 2.27 bits per heavy atom. The largest absolute Gasteiger partial charge is 2.00 e. The van der Waals surface area contributed by atoms with E-state index in [1.165, 1.54) is 44.3 Å². The van der Waals surface area contributed by atoms with E-state index in [0.717, 1.165) is 39.3 Å². The predicted molar refractivity (Wildman–Crippen MR) is 225 cm³/mol. The number of fused-ring (bicyclic) bond motifs is 11. The Hall–Kier alpha value is -5.39. The number of nitrogens with zero attached hydrogens (tertiary/aromatic N) is 5. The van der Waals surface area contributed by atoms with Crippen LogP contribution >= 0.6 is 0 Å². The Morgan fingerprint density at radius 1 is 0.696 bits per heavy atom. The molecule has 6 heterocycles. The molecule has 0 spiro atoms. The van der Waals surface area contributed by atoms with Gasteiger partial charge in [-0.25, -0.2) is 4.98 Å². The van der Waals surface area contributed by atoms with E-state index in [1.807, 2.05) is 18.3 Å². The van der Waals surface area contributed by atoms with Crippen molar-refractivity contribution in [2.75, 3.05) is 9.62 Å². The fourth-order valence-electron chi connectivity index (χ4n) is 9.35. The minimum absolute atomic E-state index is 0. The molecule has 0 saturated carbocycles. The van der Waals surface area contributed by atoms with Crippen LogP contribution in [0, 0.1) is 12.1 Å². The minimum Gasteiger partial charge on any atom is -0.503 e. The summed E-state index contributed by atoms with van der Waals surface area (Å²) < 4.78 is 9.10. The number of ether oxygens (including phenoxy) is 1. The van der Waals surface area contributed by atoms with Gasteiger partial charge in [0.15, 0.2) is 0 Å². The number of imidazole rings is 1. The normalized spacial score (nSPS) is 15.8. The zero-order valence-corrected chi connectivity index (χ0v) is 34.8. The Labute approximate surface area is 342 Å². The van der Waals surface area contributed by atoms with Gasteiger partial charge in [-0.2, -0.15) is 0 Å². The van der Waals surface area contributed by atoms with Crippen molar-refractivity contribution in [2.45, 2.75) is 64.7 Å². The second-order valence-electron chi connectivity index (χ2n) is 17.4. The van der Waals surface area contributed by atoms with Crippen molar-refractivity contribution in [3.05, 3.63) is 144 Å². The van der Waals surface area contributed by atoms with E-state index in [9.17, 15) is 0 Å². The molecular formula is C48H40BN5OPt. The average molecular weight is 909 g/mol. The smallest absolute Gasteiger partial charge is 0.503 e. The minimum atomic E-state index is -0.156. The van der Waals surface area contributed by atoms with E-state index in [2.05, 4.69) is 172 Å². The maximum Gasteiger partial charge on any atom is 2.00 e. The van der Waals surface area contributed by atoms with E-state index >= 15 is 0 Å². The number of hydrogen-bond donors (Lipinski definition) is 0. The Balaban J connectivity index is 0.00000384. The van der Waals surface area contributed by atoms with Gasteiger partial charge in [-0.1, -0.05) is 137 Å². The molecule has 8 heteroatoms. The van der Waals surface area contributed by atoms with Crippen molar-refractivity contribution in [1.29, 1.82) is 0 Å². The number of anilines is 4. The van der Waals surface area contributed by atoms with Crippen LogP contribution in [0.15, 0.2) is 116 Å². The van der Waals surface area contributed by atoms with Gasteiger partial charge >= 0.3 is 28.0 Å². The summed E-state index contributed by atoms with van der Waals surface area (Å²) in [4.78, 5) is 14.8. The third-order valence-corrected chi connectivity index (χ3v) is 13.0. The van der Waals surface area contributed by atoms with Gasteiger partial charge in [0.1, 0.15) is 5.82 Å². The number of rotatable bonds is 3. The van der Waals surface area contributed by atoms with E-state index in [-0.39, 0.29) is 44.3 Å². The molecule has 56 heavy (non-hydrogen) atoms. The molecule has 5 aromatic carbocycles. The molecule has 0 atom stereocenters. The SMILES string of the molecule is CC(C)(C)c1ccnc(N2B3c4ccccc4-c4ccccc4N3c3ccc(Oc4[c-]c5c(cc4)c4cccc6c4n4c(cnc54)C(C)(C)C6(C)C)[c-]c32)c1.[Pt+2]. The predicted octanol–water partition coefficient (Wildman–Crippen LogP) is 11.0. The van der Waals surface area contributed by atoms with Gasteiger partial charge in [0, 0.05) is 57.2 Å². The van der Waals surface area contributed by atoms with Crippen LogP contribution < -0.4 is 19.8 Å². The third kappa shape index (κ3) is 4.61. The van der Waals surface area contributed by atoms with E-state index in [1.54, 1.807) is 0 Å². The molecule has 3 aliphatic rings. The summed E-state index contributed by atoms with van der Waals surface area (Å²) in [5, 5.41) is 3.26. The first-order valence-corrected chi connectivity index (χ1v) is 19.2. The summed E-state index contributed by atoms with van der Waals surface area (Å²) in [6.07, 6.45) is 3.99. The molecule has 0 bridgehead atoms. The monoisotopic (exact) mass is 908 g/mol. The van der Waals surface area contributed by atoms with Gasteiger partial charge in [-0.15, -0.1) is 30.3 Å². The van der Waals surface area contributed by atoms with Crippen molar-refractivity contribution in [3.63, 3.8) is 0 Å². The zero-order valence-electron chi connectivity index (χ0n) is 32.5. The molecule has 0 unspecified atom stereocenters. The number of benzene rings is 5. The standard InChI is InChI=1S/C48H40BN5O.Pt/c1-46(2,3)29-23-24-50-43(25-29)54-41-27-31(20-22-40(41)53-39-18-11-9-14-34(39)33-13-8-10-17-38(33)49(53)54)55-30-19-21-32-35-15-12-16-37-44(35)52-42(48(6,7)47(37,4)5)28-51-45(52)36(32)26-30;/h8-25,28H,1-7H3;/q-2;+2. The second kappa shape index (κ2) is 11.8. The Kier molecular flexibility index (Phi) is 7.40. The maximum atomic E-state index is 6.73. The Bertz CT molecular complexity index is 2940. The number of hydrogen-bond acceptors (Lipinski definition) is 5. The molecule has 0 N–H and O–H groups in total. The second-order valence-corrected chi connectivity index (χ2v) is 17.4. The van der Waals surface area contributed by atoms with E-state index in [4.69, 9.17) is 14.7 Å². The summed E-state index contributed by atoms with van der Waals surface area (Å²) in [5.41, 5.74) is 12.5. The van der Waals surface area contributed by atoms with Crippen LogP contribution in [0.4, 0.5) is 22.9 Å². The average Bonchev–Trinajstić information content (AvgIpc) is 3.79.